The number of nitrogens with one attached hydrogen (secondary N) is 1. The zero-order valence-electron chi connectivity index (χ0n) is 18.1. The molecule has 1 N–H and O–H groups in total. The fraction of sp³-hybridized carbons (Fsp3) is 0.440. The minimum atomic E-state index is -0.00660. The van der Waals surface area contributed by atoms with Crippen LogP contribution in [0, 0.1) is 0 Å². The number of carbonyl (C=O) groups is 1. The molecule has 2 aliphatic heterocycles. The van der Waals surface area contributed by atoms with Gasteiger partial charge in [0.15, 0.2) is 0 Å². The van der Waals surface area contributed by atoms with Crippen LogP contribution < -0.4 is 5.43 Å². The molecule has 2 aromatic carbocycles. The molecule has 2 fully saturated rings. The molecule has 0 radical (unpaired) electrons. The first-order valence-corrected chi connectivity index (χ1v) is 11.3. The Hall–Kier alpha value is -2.54. The third-order valence-electron chi connectivity index (χ3n) is 6.07. The molecule has 1 amide bonds. The fourth-order valence-electron chi connectivity index (χ4n) is 4.31. The predicted molar refractivity (Wildman–Crippen MR) is 123 cm³/mol. The van der Waals surface area contributed by atoms with Crippen molar-refractivity contribution >= 4 is 11.6 Å². The first-order valence-electron chi connectivity index (χ1n) is 11.3. The minimum Gasteiger partial charge on any atom is -0.381 e. The third kappa shape index (κ3) is 6.23. The number of hydrazone groups is 1. The van der Waals surface area contributed by atoms with Crippen molar-refractivity contribution in [2.24, 2.45) is 5.10 Å². The van der Waals surface area contributed by atoms with Gasteiger partial charge < -0.3 is 9.64 Å². The van der Waals surface area contributed by atoms with Crippen molar-refractivity contribution in [3.63, 3.8) is 0 Å². The second-order valence-corrected chi connectivity index (χ2v) is 8.18. The summed E-state index contributed by atoms with van der Waals surface area (Å²) in [6.07, 6.45) is 2.10. The molecule has 2 aliphatic rings. The van der Waals surface area contributed by atoms with Crippen molar-refractivity contribution in [1.29, 1.82) is 0 Å². The lowest BCUT2D eigenvalue weighted by molar-refractivity contribution is -0.121. The summed E-state index contributed by atoms with van der Waals surface area (Å²) in [5.41, 5.74) is 6.40. The number of hydrogen-bond acceptors (Lipinski definition) is 5. The zero-order valence-corrected chi connectivity index (χ0v) is 18.1. The van der Waals surface area contributed by atoms with Crippen LogP contribution >= 0.6 is 0 Å². The molecule has 2 saturated heterocycles. The standard InChI is InChI=1S/C25H32N4O2/c30-24(27-26-23-12-19-31-20-13-23)11-14-28-15-17-29(18-16-28)25(21-7-3-1-4-8-21)22-9-5-2-6-10-22/h1-10,25H,11-20H2,(H,27,30). The van der Waals surface area contributed by atoms with Gasteiger partial charge in [-0.15, -0.1) is 0 Å². The van der Waals surface area contributed by atoms with E-state index in [4.69, 9.17) is 4.74 Å². The molecule has 0 bridgehead atoms. The summed E-state index contributed by atoms with van der Waals surface area (Å²) in [5, 5.41) is 4.26. The maximum Gasteiger partial charge on any atom is 0.241 e. The number of hydrogen-bond donors (Lipinski definition) is 1. The highest BCUT2D eigenvalue weighted by Gasteiger charge is 2.26. The van der Waals surface area contributed by atoms with Gasteiger partial charge in [-0.3, -0.25) is 9.69 Å². The van der Waals surface area contributed by atoms with Gasteiger partial charge in [-0.25, -0.2) is 5.43 Å². The molecule has 164 valence electrons. The highest BCUT2D eigenvalue weighted by molar-refractivity contribution is 5.86. The maximum atomic E-state index is 12.2. The van der Waals surface area contributed by atoms with E-state index in [9.17, 15) is 4.79 Å². The Kier molecular flexibility index (Phi) is 7.82. The monoisotopic (exact) mass is 420 g/mol. The van der Waals surface area contributed by atoms with Gasteiger partial charge in [-0.05, 0) is 11.1 Å². The molecule has 0 aromatic heterocycles. The van der Waals surface area contributed by atoms with Crippen LogP contribution in [0.5, 0.6) is 0 Å². The second kappa shape index (κ2) is 11.2. The number of piperazine rings is 1. The molecule has 6 nitrogen and oxygen atoms in total. The van der Waals surface area contributed by atoms with Crippen LogP contribution in [0.2, 0.25) is 0 Å². The minimum absolute atomic E-state index is 0.00660. The lowest BCUT2D eigenvalue weighted by atomic mass is 9.96. The first kappa shape index (κ1) is 21.7. The van der Waals surface area contributed by atoms with E-state index in [1.807, 2.05) is 0 Å². The van der Waals surface area contributed by atoms with E-state index in [1.54, 1.807) is 0 Å². The van der Waals surface area contributed by atoms with Crippen LogP contribution in [0.25, 0.3) is 0 Å². The van der Waals surface area contributed by atoms with Gasteiger partial charge in [-0.2, -0.15) is 5.10 Å². The Bertz CT molecular complexity index is 801. The fourth-order valence-corrected chi connectivity index (χ4v) is 4.31. The molecule has 0 aliphatic carbocycles. The van der Waals surface area contributed by atoms with E-state index in [2.05, 4.69) is 81.0 Å². The number of carbonyl (C=O) groups excluding carboxylic acids is 1. The number of benzene rings is 2. The topological polar surface area (TPSA) is 57.2 Å². The van der Waals surface area contributed by atoms with Crippen molar-refractivity contribution in [1.82, 2.24) is 15.2 Å². The van der Waals surface area contributed by atoms with E-state index < -0.39 is 0 Å². The summed E-state index contributed by atoms with van der Waals surface area (Å²) in [7, 11) is 0. The van der Waals surface area contributed by atoms with Crippen LogP contribution in [-0.2, 0) is 9.53 Å². The molecule has 0 unspecified atom stereocenters. The van der Waals surface area contributed by atoms with Crippen LogP contribution in [-0.4, -0.2) is 67.4 Å². The van der Waals surface area contributed by atoms with Crippen molar-refractivity contribution in [3.8, 4) is 0 Å². The Labute approximate surface area is 184 Å². The SMILES string of the molecule is O=C(CCN1CCN(C(c2ccccc2)c2ccccc2)CC1)NN=C1CCOCC1. The van der Waals surface area contributed by atoms with E-state index >= 15 is 0 Å². The Balaban J connectivity index is 1.28. The van der Waals surface area contributed by atoms with Crippen LogP contribution in [0.3, 0.4) is 0 Å². The Morgan fingerprint density at radius 1 is 0.903 bits per heavy atom. The van der Waals surface area contributed by atoms with E-state index in [0.29, 0.717) is 19.6 Å². The average Bonchev–Trinajstić information content (AvgIpc) is 2.84. The summed E-state index contributed by atoms with van der Waals surface area (Å²) in [6.45, 7) is 6.08. The van der Waals surface area contributed by atoms with Gasteiger partial charge in [0.25, 0.3) is 0 Å². The summed E-state index contributed by atoms with van der Waals surface area (Å²) >= 11 is 0. The molecule has 0 saturated carbocycles. The predicted octanol–water partition coefficient (Wildman–Crippen LogP) is 3.07. The Morgan fingerprint density at radius 2 is 1.48 bits per heavy atom. The van der Waals surface area contributed by atoms with Crippen molar-refractivity contribution < 1.29 is 9.53 Å². The van der Waals surface area contributed by atoms with E-state index in [1.165, 1.54) is 11.1 Å². The molecule has 4 rings (SSSR count). The maximum absolute atomic E-state index is 12.2. The van der Waals surface area contributed by atoms with Gasteiger partial charge in [-0.1, -0.05) is 60.7 Å². The summed E-state index contributed by atoms with van der Waals surface area (Å²) < 4.78 is 5.31. The Morgan fingerprint density at radius 3 is 2.06 bits per heavy atom. The van der Waals surface area contributed by atoms with Gasteiger partial charge in [0, 0.05) is 57.7 Å². The van der Waals surface area contributed by atoms with Crippen molar-refractivity contribution in [3.05, 3.63) is 71.8 Å². The van der Waals surface area contributed by atoms with Gasteiger partial charge in [0.2, 0.25) is 5.91 Å². The van der Waals surface area contributed by atoms with Crippen LogP contribution in [0.4, 0.5) is 0 Å². The largest absolute Gasteiger partial charge is 0.381 e. The third-order valence-corrected chi connectivity index (χ3v) is 6.07. The molecular formula is C25H32N4O2. The number of nitrogens with zero attached hydrogens (tertiary/aromatic N) is 3. The van der Waals surface area contributed by atoms with Gasteiger partial charge in [0.1, 0.15) is 0 Å². The lowest BCUT2D eigenvalue weighted by Gasteiger charge is -2.39. The highest BCUT2D eigenvalue weighted by Crippen LogP contribution is 2.29. The van der Waals surface area contributed by atoms with Crippen LogP contribution in [0.1, 0.15) is 36.4 Å². The smallest absolute Gasteiger partial charge is 0.241 e. The molecule has 0 spiro atoms. The normalized spacial score (nSPS) is 18.2. The van der Waals surface area contributed by atoms with E-state index in [-0.39, 0.29) is 11.9 Å². The average molecular weight is 421 g/mol. The highest BCUT2D eigenvalue weighted by atomic mass is 16.5. The zero-order chi connectivity index (χ0) is 21.3. The summed E-state index contributed by atoms with van der Waals surface area (Å²) in [6, 6.07) is 21.7. The summed E-state index contributed by atoms with van der Waals surface area (Å²) in [4.78, 5) is 17.1. The molecule has 2 aromatic rings. The van der Waals surface area contributed by atoms with E-state index in [0.717, 1.165) is 51.3 Å². The number of ether oxygens (including phenoxy) is 1. The number of rotatable bonds is 7. The van der Waals surface area contributed by atoms with Crippen molar-refractivity contribution in [2.75, 3.05) is 45.9 Å². The molecule has 2 heterocycles. The summed E-state index contributed by atoms with van der Waals surface area (Å²) in [5.74, 6) is -0.00660. The van der Waals surface area contributed by atoms with Crippen molar-refractivity contribution in [2.45, 2.75) is 25.3 Å². The quantitative estimate of drug-likeness (QED) is 0.700. The van der Waals surface area contributed by atoms with Crippen LogP contribution in [0.15, 0.2) is 65.8 Å². The molecular weight excluding hydrogens is 388 g/mol. The van der Waals surface area contributed by atoms with Gasteiger partial charge >= 0.3 is 0 Å². The molecule has 0 atom stereocenters. The second-order valence-electron chi connectivity index (χ2n) is 8.18. The number of amides is 1. The first-order chi connectivity index (χ1) is 15.3. The van der Waals surface area contributed by atoms with Gasteiger partial charge in [0.05, 0.1) is 19.3 Å². The molecule has 6 heteroatoms. The lowest BCUT2D eigenvalue weighted by Crippen LogP contribution is -2.48. The molecule has 31 heavy (non-hydrogen) atoms.